The van der Waals surface area contributed by atoms with Gasteiger partial charge in [-0.25, -0.2) is 0 Å². The molecule has 0 radical (unpaired) electrons. The Labute approximate surface area is 355 Å². The zero-order valence-electron chi connectivity index (χ0n) is 36.6. The third kappa shape index (κ3) is 5.45. The second-order valence-electron chi connectivity index (χ2n) is 20.7. The SMILES string of the molecule is CC1(C)CCC(C)(C)c2cc3c(cc21)c1cc2c(cc1n3-c1ccc3c(c1)c1ccccc1n3-c1c(-c3ccccc3)cccc1-c1ccccc1)C(C)(C)CCC2(C)C. The highest BCUT2D eigenvalue weighted by molar-refractivity contribution is 6.13. The first-order valence-corrected chi connectivity index (χ1v) is 22.2. The van der Waals surface area contributed by atoms with E-state index in [1.165, 1.54) is 125 Å². The van der Waals surface area contributed by atoms with E-state index in [-0.39, 0.29) is 21.7 Å². The summed E-state index contributed by atoms with van der Waals surface area (Å²) in [6.45, 7) is 19.7. The zero-order valence-corrected chi connectivity index (χ0v) is 36.6. The molecule has 2 aromatic heterocycles. The number of hydrogen-bond acceptors (Lipinski definition) is 0. The zero-order chi connectivity index (χ0) is 41.3. The van der Waals surface area contributed by atoms with E-state index in [4.69, 9.17) is 0 Å². The Morgan fingerprint density at radius 1 is 0.333 bits per heavy atom. The van der Waals surface area contributed by atoms with Gasteiger partial charge in [-0.3, -0.25) is 0 Å². The van der Waals surface area contributed by atoms with Crippen molar-refractivity contribution in [1.82, 2.24) is 9.13 Å². The lowest BCUT2D eigenvalue weighted by Gasteiger charge is -2.42. The van der Waals surface area contributed by atoms with E-state index < -0.39 is 0 Å². The highest BCUT2D eigenvalue weighted by Crippen LogP contribution is 2.52. The molecule has 0 amide bonds. The van der Waals surface area contributed by atoms with Crippen LogP contribution >= 0.6 is 0 Å². The Bertz CT molecular complexity index is 3030. The van der Waals surface area contributed by atoms with Gasteiger partial charge in [-0.1, -0.05) is 152 Å². The predicted molar refractivity (Wildman–Crippen MR) is 257 cm³/mol. The Hall–Kier alpha value is -5.86. The highest BCUT2D eigenvalue weighted by atomic mass is 15.0. The maximum absolute atomic E-state index is 2.62. The van der Waals surface area contributed by atoms with E-state index in [1.54, 1.807) is 0 Å². The van der Waals surface area contributed by atoms with Crippen LogP contribution in [0.2, 0.25) is 0 Å². The smallest absolute Gasteiger partial charge is 0.0618 e. The lowest BCUT2D eigenvalue weighted by Crippen LogP contribution is -2.33. The van der Waals surface area contributed by atoms with E-state index in [1.807, 2.05) is 0 Å². The monoisotopic (exact) mass is 780 g/mol. The van der Waals surface area contributed by atoms with Gasteiger partial charge in [-0.2, -0.15) is 0 Å². The average molecular weight is 781 g/mol. The third-order valence-corrected chi connectivity index (χ3v) is 15.1. The van der Waals surface area contributed by atoms with Gasteiger partial charge in [0, 0.05) is 38.4 Å². The van der Waals surface area contributed by atoms with Gasteiger partial charge in [0.25, 0.3) is 0 Å². The number of rotatable bonds is 4. The summed E-state index contributed by atoms with van der Waals surface area (Å²) < 4.78 is 5.16. The highest BCUT2D eigenvalue weighted by Gasteiger charge is 2.40. The summed E-state index contributed by atoms with van der Waals surface area (Å²) >= 11 is 0. The molecule has 0 unspecified atom stereocenters. The van der Waals surface area contributed by atoms with Crippen LogP contribution in [0.1, 0.15) is 103 Å². The fraction of sp³-hybridized carbons (Fsp3) is 0.276. The van der Waals surface area contributed by atoms with Gasteiger partial charge < -0.3 is 9.13 Å². The first-order chi connectivity index (χ1) is 28.7. The first-order valence-electron chi connectivity index (χ1n) is 22.2. The standard InChI is InChI=1S/C58H56N2/c1-55(2)28-30-57(5,6)48-35-52-44(33-46(48)55)45-34-47-49(58(7,8)31-29-56(47,3)4)36-53(45)59(52)39-26-27-51-43(32-39)42-22-15-16-25-50(42)60(51)54-40(37-18-11-9-12-19-37)23-17-24-41(54)38-20-13-10-14-21-38/h9-27,32-36H,28-31H2,1-8H3. The van der Waals surface area contributed by atoms with Crippen LogP contribution in [-0.2, 0) is 21.7 Å². The number of fused-ring (bicyclic) bond motifs is 8. The Balaban J connectivity index is 1.24. The maximum Gasteiger partial charge on any atom is 0.0618 e. The molecule has 2 aliphatic rings. The van der Waals surface area contributed by atoms with Crippen LogP contribution in [0.15, 0.2) is 146 Å². The first kappa shape index (κ1) is 37.2. The van der Waals surface area contributed by atoms with E-state index >= 15 is 0 Å². The summed E-state index contributed by atoms with van der Waals surface area (Å²) in [6, 6.07) is 55.3. The molecule has 0 fully saturated rings. The third-order valence-electron chi connectivity index (χ3n) is 15.1. The summed E-state index contributed by atoms with van der Waals surface area (Å²) in [5.41, 5.74) is 18.8. The molecule has 2 heteroatoms. The molecule has 7 aromatic carbocycles. The molecule has 298 valence electrons. The summed E-state index contributed by atoms with van der Waals surface area (Å²) in [6.07, 6.45) is 4.79. The lowest BCUT2D eigenvalue weighted by atomic mass is 9.62. The number of para-hydroxylation sites is 2. The van der Waals surface area contributed by atoms with Crippen molar-refractivity contribution in [2.75, 3.05) is 0 Å². The average Bonchev–Trinajstić information content (AvgIpc) is 3.75. The summed E-state index contributed by atoms with van der Waals surface area (Å²) in [7, 11) is 0. The van der Waals surface area contributed by atoms with Crippen LogP contribution in [0.5, 0.6) is 0 Å². The van der Waals surface area contributed by atoms with Crippen molar-refractivity contribution in [3.63, 3.8) is 0 Å². The normalized spacial score (nSPS) is 17.6. The molecule has 0 saturated carbocycles. The topological polar surface area (TPSA) is 9.86 Å². The van der Waals surface area contributed by atoms with Gasteiger partial charge in [0.1, 0.15) is 0 Å². The molecule has 11 rings (SSSR count). The van der Waals surface area contributed by atoms with Crippen molar-refractivity contribution in [1.29, 1.82) is 0 Å². The van der Waals surface area contributed by atoms with Gasteiger partial charge in [0.05, 0.1) is 27.8 Å². The van der Waals surface area contributed by atoms with E-state index in [2.05, 4.69) is 210 Å². The molecular weight excluding hydrogens is 725 g/mol. The van der Waals surface area contributed by atoms with Crippen molar-refractivity contribution in [2.45, 2.75) is 103 Å². The van der Waals surface area contributed by atoms with Gasteiger partial charge >= 0.3 is 0 Å². The molecular formula is C58H56N2. The number of nitrogens with zero attached hydrogens (tertiary/aromatic N) is 2. The molecule has 9 aromatic rings. The minimum absolute atomic E-state index is 0.101. The number of aromatic nitrogens is 2. The van der Waals surface area contributed by atoms with Crippen LogP contribution in [0.25, 0.3) is 77.2 Å². The van der Waals surface area contributed by atoms with Crippen LogP contribution in [0.3, 0.4) is 0 Å². The molecule has 0 N–H and O–H groups in total. The predicted octanol–water partition coefficient (Wildman–Crippen LogP) is 15.9. The van der Waals surface area contributed by atoms with Crippen molar-refractivity contribution >= 4 is 43.6 Å². The molecule has 2 nitrogen and oxygen atoms in total. The van der Waals surface area contributed by atoms with Crippen molar-refractivity contribution in [3.8, 4) is 33.6 Å². The molecule has 0 aliphatic heterocycles. The quantitative estimate of drug-likeness (QED) is 0.168. The van der Waals surface area contributed by atoms with E-state index in [0.717, 1.165) is 0 Å². The fourth-order valence-corrected chi connectivity index (χ4v) is 11.2. The van der Waals surface area contributed by atoms with Crippen molar-refractivity contribution < 1.29 is 0 Å². The Morgan fingerprint density at radius 3 is 1.25 bits per heavy atom. The van der Waals surface area contributed by atoms with Gasteiger partial charge in [0.2, 0.25) is 0 Å². The molecule has 2 heterocycles. The second kappa shape index (κ2) is 12.8. The maximum atomic E-state index is 2.62. The van der Waals surface area contributed by atoms with Gasteiger partial charge in [-0.15, -0.1) is 0 Å². The Morgan fingerprint density at radius 2 is 0.750 bits per heavy atom. The molecule has 2 aliphatic carbocycles. The van der Waals surface area contributed by atoms with Crippen molar-refractivity contribution in [2.24, 2.45) is 0 Å². The molecule has 0 atom stereocenters. The Kier molecular flexibility index (Phi) is 7.94. The summed E-state index contributed by atoms with van der Waals surface area (Å²) in [4.78, 5) is 0. The number of hydrogen-bond donors (Lipinski definition) is 0. The fourth-order valence-electron chi connectivity index (χ4n) is 11.2. The minimum atomic E-state index is 0.101. The van der Waals surface area contributed by atoms with Crippen LogP contribution in [-0.4, -0.2) is 9.13 Å². The van der Waals surface area contributed by atoms with Gasteiger partial charge in [0.15, 0.2) is 0 Å². The number of benzene rings is 7. The van der Waals surface area contributed by atoms with Crippen LogP contribution < -0.4 is 0 Å². The second-order valence-corrected chi connectivity index (χ2v) is 20.7. The lowest BCUT2D eigenvalue weighted by molar-refractivity contribution is 0.332. The van der Waals surface area contributed by atoms with E-state index in [9.17, 15) is 0 Å². The minimum Gasteiger partial charge on any atom is -0.309 e. The summed E-state index contributed by atoms with van der Waals surface area (Å²) in [5.74, 6) is 0. The molecule has 0 bridgehead atoms. The largest absolute Gasteiger partial charge is 0.309 e. The van der Waals surface area contributed by atoms with Crippen molar-refractivity contribution in [3.05, 3.63) is 168 Å². The van der Waals surface area contributed by atoms with Gasteiger partial charge in [-0.05, 0) is 129 Å². The molecule has 0 saturated heterocycles. The van der Waals surface area contributed by atoms with E-state index in [0.29, 0.717) is 0 Å². The van der Waals surface area contributed by atoms with Crippen LogP contribution in [0, 0.1) is 0 Å². The van der Waals surface area contributed by atoms with Crippen LogP contribution in [0.4, 0.5) is 0 Å². The molecule has 60 heavy (non-hydrogen) atoms. The molecule has 0 spiro atoms. The summed E-state index contributed by atoms with van der Waals surface area (Å²) in [5, 5.41) is 5.28.